The standard InChI is InChI=1S/C14H11ClO4/c15-10-2-5-12(6-3-10)19-8-9-1-4-11(16)7-13(9)14(17)18/h1-7,16H,8H2,(H,17,18). The van der Waals surface area contributed by atoms with Crippen LogP contribution < -0.4 is 4.74 Å². The Balaban J connectivity index is 2.15. The molecule has 0 aromatic heterocycles. The van der Waals surface area contributed by atoms with Crippen LogP contribution in [-0.4, -0.2) is 16.2 Å². The van der Waals surface area contributed by atoms with E-state index in [1.807, 2.05) is 0 Å². The number of aromatic carboxylic acids is 1. The Morgan fingerprint density at radius 1 is 1.16 bits per heavy atom. The number of rotatable bonds is 4. The van der Waals surface area contributed by atoms with Crippen molar-refractivity contribution in [3.05, 3.63) is 58.6 Å². The molecule has 5 heteroatoms. The summed E-state index contributed by atoms with van der Waals surface area (Å²) in [6.45, 7) is 0.101. The summed E-state index contributed by atoms with van der Waals surface area (Å²) < 4.78 is 5.47. The van der Waals surface area contributed by atoms with E-state index in [1.165, 1.54) is 18.2 Å². The first-order valence-corrected chi connectivity index (χ1v) is 5.87. The third-order valence-electron chi connectivity index (χ3n) is 2.53. The van der Waals surface area contributed by atoms with Gasteiger partial charge in [-0.2, -0.15) is 0 Å². The molecule has 0 bridgehead atoms. The molecule has 2 aromatic carbocycles. The molecule has 0 saturated heterocycles. The Kier molecular flexibility index (Phi) is 3.92. The van der Waals surface area contributed by atoms with Crippen LogP contribution in [0.5, 0.6) is 11.5 Å². The van der Waals surface area contributed by atoms with Gasteiger partial charge in [-0.25, -0.2) is 4.79 Å². The van der Waals surface area contributed by atoms with Gasteiger partial charge in [0.05, 0.1) is 5.56 Å². The van der Waals surface area contributed by atoms with Crippen molar-refractivity contribution in [2.75, 3.05) is 0 Å². The molecule has 0 aliphatic heterocycles. The fraction of sp³-hybridized carbons (Fsp3) is 0.0714. The van der Waals surface area contributed by atoms with Crippen molar-refractivity contribution in [3.8, 4) is 11.5 Å². The average molecular weight is 279 g/mol. The van der Waals surface area contributed by atoms with Crippen LogP contribution in [0, 0.1) is 0 Å². The largest absolute Gasteiger partial charge is 0.508 e. The molecule has 0 aliphatic rings. The second-order valence-electron chi connectivity index (χ2n) is 3.89. The van der Waals surface area contributed by atoms with E-state index in [-0.39, 0.29) is 17.9 Å². The number of phenols is 1. The van der Waals surface area contributed by atoms with Crippen LogP contribution in [0.2, 0.25) is 5.02 Å². The smallest absolute Gasteiger partial charge is 0.336 e. The number of carboxylic acids is 1. The number of carbonyl (C=O) groups is 1. The van der Waals surface area contributed by atoms with Crippen LogP contribution in [-0.2, 0) is 6.61 Å². The molecule has 0 saturated carbocycles. The molecule has 0 radical (unpaired) electrons. The SMILES string of the molecule is O=C(O)c1cc(O)ccc1COc1ccc(Cl)cc1. The number of aromatic hydroxyl groups is 1. The number of carboxylic acid groups (broad SMARTS) is 1. The molecule has 2 aromatic rings. The maximum Gasteiger partial charge on any atom is 0.336 e. The van der Waals surface area contributed by atoms with Gasteiger partial charge in [0.15, 0.2) is 0 Å². The summed E-state index contributed by atoms with van der Waals surface area (Å²) >= 11 is 5.75. The number of halogens is 1. The second kappa shape index (κ2) is 5.63. The quantitative estimate of drug-likeness (QED) is 0.900. The minimum atomic E-state index is -1.11. The van der Waals surface area contributed by atoms with Gasteiger partial charge in [-0.3, -0.25) is 0 Å². The van der Waals surface area contributed by atoms with Gasteiger partial charge in [0.2, 0.25) is 0 Å². The molecule has 0 fully saturated rings. The molecule has 0 atom stereocenters. The van der Waals surface area contributed by atoms with E-state index in [0.29, 0.717) is 16.3 Å². The Morgan fingerprint density at radius 2 is 1.84 bits per heavy atom. The highest BCUT2D eigenvalue weighted by molar-refractivity contribution is 6.30. The zero-order valence-electron chi connectivity index (χ0n) is 9.84. The topological polar surface area (TPSA) is 66.8 Å². The van der Waals surface area contributed by atoms with Crippen molar-refractivity contribution in [3.63, 3.8) is 0 Å². The molecule has 2 rings (SSSR count). The summed E-state index contributed by atoms with van der Waals surface area (Å²) in [4.78, 5) is 11.0. The molecule has 2 N–H and O–H groups in total. The van der Waals surface area contributed by atoms with Gasteiger partial charge in [-0.1, -0.05) is 17.7 Å². The van der Waals surface area contributed by atoms with E-state index < -0.39 is 5.97 Å². The molecule has 0 amide bonds. The first-order valence-electron chi connectivity index (χ1n) is 5.50. The average Bonchev–Trinajstić information content (AvgIpc) is 2.39. The molecule has 0 heterocycles. The Hall–Kier alpha value is -2.20. The van der Waals surface area contributed by atoms with Crippen LogP contribution in [0.1, 0.15) is 15.9 Å². The van der Waals surface area contributed by atoms with E-state index in [9.17, 15) is 9.90 Å². The Bertz CT molecular complexity index is 593. The van der Waals surface area contributed by atoms with Crippen LogP contribution in [0.15, 0.2) is 42.5 Å². The summed E-state index contributed by atoms with van der Waals surface area (Å²) in [6.07, 6.45) is 0. The number of hydrogen-bond donors (Lipinski definition) is 2. The monoisotopic (exact) mass is 278 g/mol. The minimum Gasteiger partial charge on any atom is -0.508 e. The predicted molar refractivity (Wildman–Crippen MR) is 70.9 cm³/mol. The Labute approximate surface area is 114 Å². The van der Waals surface area contributed by atoms with E-state index in [0.717, 1.165) is 0 Å². The normalized spacial score (nSPS) is 10.2. The van der Waals surface area contributed by atoms with E-state index in [4.69, 9.17) is 21.4 Å². The lowest BCUT2D eigenvalue weighted by Gasteiger charge is -2.09. The minimum absolute atomic E-state index is 0.0222. The first kappa shape index (κ1) is 13.2. The number of phenolic OH excluding ortho intramolecular Hbond substituents is 1. The van der Waals surface area contributed by atoms with Crippen LogP contribution in [0.4, 0.5) is 0 Å². The highest BCUT2D eigenvalue weighted by Crippen LogP contribution is 2.20. The summed E-state index contributed by atoms with van der Waals surface area (Å²) in [7, 11) is 0. The van der Waals surface area contributed by atoms with Gasteiger partial charge in [0, 0.05) is 10.6 Å². The molecular formula is C14H11ClO4. The van der Waals surface area contributed by atoms with E-state index in [2.05, 4.69) is 0 Å². The third kappa shape index (κ3) is 3.39. The van der Waals surface area contributed by atoms with Crippen LogP contribution in [0.25, 0.3) is 0 Å². The van der Waals surface area contributed by atoms with Gasteiger partial charge in [-0.15, -0.1) is 0 Å². The molecule has 0 spiro atoms. The fourth-order valence-electron chi connectivity index (χ4n) is 1.58. The van der Waals surface area contributed by atoms with E-state index in [1.54, 1.807) is 24.3 Å². The summed E-state index contributed by atoms with van der Waals surface area (Å²) in [5.41, 5.74) is 0.509. The van der Waals surface area contributed by atoms with Gasteiger partial charge in [0.1, 0.15) is 18.1 Å². The zero-order valence-corrected chi connectivity index (χ0v) is 10.6. The molecule has 0 unspecified atom stereocenters. The lowest BCUT2D eigenvalue weighted by atomic mass is 10.1. The van der Waals surface area contributed by atoms with Crippen molar-refractivity contribution in [2.45, 2.75) is 6.61 Å². The maximum atomic E-state index is 11.0. The van der Waals surface area contributed by atoms with Crippen molar-refractivity contribution >= 4 is 17.6 Å². The van der Waals surface area contributed by atoms with Gasteiger partial charge >= 0.3 is 5.97 Å². The molecule has 0 aliphatic carbocycles. The number of benzene rings is 2. The van der Waals surface area contributed by atoms with Crippen molar-refractivity contribution in [1.29, 1.82) is 0 Å². The summed E-state index contributed by atoms with van der Waals surface area (Å²) in [5, 5.41) is 18.9. The highest BCUT2D eigenvalue weighted by atomic mass is 35.5. The molecule has 19 heavy (non-hydrogen) atoms. The van der Waals surface area contributed by atoms with Gasteiger partial charge in [0.25, 0.3) is 0 Å². The molecule has 4 nitrogen and oxygen atoms in total. The molecule has 98 valence electrons. The first-order chi connectivity index (χ1) is 9.06. The molecular weight excluding hydrogens is 268 g/mol. The zero-order chi connectivity index (χ0) is 13.8. The van der Waals surface area contributed by atoms with Crippen LogP contribution in [0.3, 0.4) is 0 Å². The van der Waals surface area contributed by atoms with Crippen molar-refractivity contribution in [1.82, 2.24) is 0 Å². The van der Waals surface area contributed by atoms with Crippen LogP contribution >= 0.6 is 11.6 Å². The lowest BCUT2D eigenvalue weighted by Crippen LogP contribution is -2.05. The second-order valence-corrected chi connectivity index (χ2v) is 4.33. The van der Waals surface area contributed by atoms with Gasteiger partial charge in [-0.05, 0) is 36.4 Å². The number of ether oxygens (including phenoxy) is 1. The Morgan fingerprint density at radius 3 is 2.47 bits per heavy atom. The maximum absolute atomic E-state index is 11.0. The van der Waals surface area contributed by atoms with Crippen molar-refractivity contribution < 1.29 is 19.7 Å². The fourth-order valence-corrected chi connectivity index (χ4v) is 1.71. The number of hydrogen-bond acceptors (Lipinski definition) is 3. The van der Waals surface area contributed by atoms with Crippen molar-refractivity contribution in [2.24, 2.45) is 0 Å². The third-order valence-corrected chi connectivity index (χ3v) is 2.78. The predicted octanol–water partition coefficient (Wildman–Crippen LogP) is 3.32. The lowest BCUT2D eigenvalue weighted by molar-refractivity contribution is 0.0693. The summed E-state index contributed by atoms with van der Waals surface area (Å²) in [5.74, 6) is -0.605. The summed E-state index contributed by atoms with van der Waals surface area (Å²) in [6, 6.07) is 10.9. The van der Waals surface area contributed by atoms with Gasteiger partial charge < -0.3 is 14.9 Å². The van der Waals surface area contributed by atoms with E-state index >= 15 is 0 Å². The highest BCUT2D eigenvalue weighted by Gasteiger charge is 2.11.